The van der Waals surface area contributed by atoms with Crippen LogP contribution in [0.25, 0.3) is 0 Å². The fourth-order valence-corrected chi connectivity index (χ4v) is 3.35. The molecule has 134 valence electrons. The van der Waals surface area contributed by atoms with Gasteiger partial charge in [0.25, 0.3) is 15.7 Å². The first-order chi connectivity index (χ1) is 11.4. The zero-order valence-electron chi connectivity index (χ0n) is 12.5. The number of anilines is 1. The number of rotatable bonds is 4. The topological polar surface area (TPSA) is 89.3 Å². The van der Waals surface area contributed by atoms with Crippen molar-refractivity contribution in [3.63, 3.8) is 0 Å². The summed E-state index contributed by atoms with van der Waals surface area (Å²) in [5, 5.41) is 10.1. The van der Waals surface area contributed by atoms with Crippen LogP contribution in [0.3, 0.4) is 0 Å². The lowest BCUT2D eigenvalue weighted by Crippen LogP contribution is -2.15. The van der Waals surface area contributed by atoms with Crippen LogP contribution in [0.1, 0.15) is 11.1 Å². The number of alkyl halides is 3. The second kappa shape index (κ2) is 6.52. The van der Waals surface area contributed by atoms with Crippen LogP contribution in [0.15, 0.2) is 41.3 Å². The van der Waals surface area contributed by atoms with Gasteiger partial charge in [-0.3, -0.25) is 14.8 Å². The number of nitrogens with zero attached hydrogens (tertiary/aromatic N) is 1. The third-order valence-corrected chi connectivity index (χ3v) is 4.91. The van der Waals surface area contributed by atoms with Gasteiger partial charge in [-0.25, -0.2) is 8.42 Å². The van der Waals surface area contributed by atoms with Gasteiger partial charge in [0.2, 0.25) is 0 Å². The van der Waals surface area contributed by atoms with Crippen molar-refractivity contribution in [3.05, 3.63) is 62.7 Å². The Labute approximate surface area is 145 Å². The van der Waals surface area contributed by atoms with Crippen LogP contribution < -0.4 is 4.72 Å². The maximum atomic E-state index is 12.9. The number of nitro benzene ring substituents is 1. The summed E-state index contributed by atoms with van der Waals surface area (Å²) in [6.07, 6.45) is -4.81. The predicted molar refractivity (Wildman–Crippen MR) is 85.1 cm³/mol. The molecule has 0 amide bonds. The van der Waals surface area contributed by atoms with Crippen LogP contribution in [0.4, 0.5) is 24.5 Å². The third kappa shape index (κ3) is 4.20. The zero-order chi connectivity index (χ0) is 19.0. The van der Waals surface area contributed by atoms with E-state index in [1.807, 2.05) is 0 Å². The van der Waals surface area contributed by atoms with Crippen LogP contribution in [0.5, 0.6) is 0 Å². The summed E-state index contributed by atoms with van der Waals surface area (Å²) < 4.78 is 65.3. The van der Waals surface area contributed by atoms with Crippen molar-refractivity contribution in [2.75, 3.05) is 4.72 Å². The van der Waals surface area contributed by atoms with E-state index in [-0.39, 0.29) is 16.9 Å². The normalized spacial score (nSPS) is 12.0. The van der Waals surface area contributed by atoms with Gasteiger partial charge in [0.1, 0.15) is 0 Å². The van der Waals surface area contributed by atoms with Gasteiger partial charge in [0, 0.05) is 12.1 Å². The Bertz CT molecular complexity index is 946. The third-order valence-electron chi connectivity index (χ3n) is 3.22. The molecular weight excluding hydrogens is 385 g/mol. The molecule has 0 aromatic heterocycles. The quantitative estimate of drug-likeness (QED) is 0.615. The highest BCUT2D eigenvalue weighted by atomic mass is 35.5. The largest absolute Gasteiger partial charge is 0.417 e. The lowest BCUT2D eigenvalue weighted by atomic mass is 10.2. The van der Waals surface area contributed by atoms with E-state index in [4.69, 9.17) is 11.6 Å². The standard InChI is InChI=1S/C14H10ClF3N2O4S/c1-8-6-9(20(21)22)2-5-13(8)19-25(23,24)10-3-4-12(15)11(7-10)14(16,17)18/h2-7,19H,1H3. The van der Waals surface area contributed by atoms with Gasteiger partial charge < -0.3 is 0 Å². The van der Waals surface area contributed by atoms with Crippen molar-refractivity contribution in [1.29, 1.82) is 0 Å². The highest BCUT2D eigenvalue weighted by molar-refractivity contribution is 7.92. The summed E-state index contributed by atoms with van der Waals surface area (Å²) in [7, 11) is -4.35. The molecule has 0 heterocycles. The van der Waals surface area contributed by atoms with E-state index >= 15 is 0 Å². The molecule has 0 atom stereocenters. The number of non-ortho nitro benzene ring substituents is 1. The number of hydrogen-bond acceptors (Lipinski definition) is 4. The molecule has 0 aliphatic heterocycles. The van der Waals surface area contributed by atoms with Crippen molar-refractivity contribution < 1.29 is 26.5 Å². The average molecular weight is 395 g/mol. The van der Waals surface area contributed by atoms with Crippen molar-refractivity contribution in [3.8, 4) is 0 Å². The van der Waals surface area contributed by atoms with Crippen LogP contribution >= 0.6 is 11.6 Å². The van der Waals surface area contributed by atoms with Crippen LogP contribution in [0, 0.1) is 17.0 Å². The monoisotopic (exact) mass is 394 g/mol. The van der Waals surface area contributed by atoms with E-state index in [1.165, 1.54) is 6.92 Å². The number of aryl methyl sites for hydroxylation is 1. The van der Waals surface area contributed by atoms with E-state index in [1.54, 1.807) is 0 Å². The Morgan fingerprint density at radius 1 is 1.16 bits per heavy atom. The summed E-state index contributed by atoms with van der Waals surface area (Å²) in [5.74, 6) is 0. The molecule has 2 rings (SSSR count). The number of sulfonamides is 1. The van der Waals surface area contributed by atoms with E-state index < -0.39 is 36.6 Å². The first kappa shape index (κ1) is 19.0. The molecule has 0 saturated heterocycles. The Balaban J connectivity index is 2.42. The van der Waals surface area contributed by atoms with Gasteiger partial charge in [-0.05, 0) is 36.8 Å². The Morgan fingerprint density at radius 2 is 1.80 bits per heavy atom. The SMILES string of the molecule is Cc1cc([N+](=O)[O-])ccc1NS(=O)(=O)c1ccc(Cl)c(C(F)(F)F)c1. The van der Waals surface area contributed by atoms with E-state index in [9.17, 15) is 31.7 Å². The molecular formula is C14H10ClF3N2O4S. The van der Waals surface area contributed by atoms with Crippen molar-refractivity contribution in [2.24, 2.45) is 0 Å². The summed E-state index contributed by atoms with van der Waals surface area (Å²) in [6, 6.07) is 5.56. The first-order valence-electron chi connectivity index (χ1n) is 6.56. The molecule has 0 saturated carbocycles. The fourth-order valence-electron chi connectivity index (χ4n) is 1.97. The molecule has 0 aliphatic rings. The second-order valence-corrected chi connectivity index (χ2v) is 7.09. The molecule has 0 radical (unpaired) electrons. The number of halogens is 4. The molecule has 0 bridgehead atoms. The van der Waals surface area contributed by atoms with Gasteiger partial charge in [-0.15, -0.1) is 0 Å². The van der Waals surface area contributed by atoms with Crippen LogP contribution in [0.2, 0.25) is 5.02 Å². The number of nitrogens with one attached hydrogen (secondary N) is 1. The lowest BCUT2D eigenvalue weighted by Gasteiger charge is -2.13. The predicted octanol–water partition coefficient (Wildman–Crippen LogP) is 4.38. The molecule has 0 unspecified atom stereocenters. The van der Waals surface area contributed by atoms with Crippen molar-refractivity contribution >= 4 is 33.0 Å². The van der Waals surface area contributed by atoms with Gasteiger partial charge in [0.15, 0.2) is 0 Å². The van der Waals surface area contributed by atoms with Gasteiger partial charge in [0.05, 0.1) is 26.1 Å². The first-order valence-corrected chi connectivity index (χ1v) is 8.42. The highest BCUT2D eigenvalue weighted by Crippen LogP contribution is 2.36. The number of hydrogen-bond donors (Lipinski definition) is 1. The molecule has 0 fully saturated rings. The molecule has 2 aromatic rings. The second-order valence-electron chi connectivity index (χ2n) is 5.00. The number of nitro groups is 1. The Morgan fingerprint density at radius 3 is 2.32 bits per heavy atom. The smallest absolute Gasteiger partial charge is 0.279 e. The van der Waals surface area contributed by atoms with E-state index in [0.29, 0.717) is 6.07 Å². The summed E-state index contributed by atoms with van der Waals surface area (Å²) in [6.45, 7) is 1.42. The summed E-state index contributed by atoms with van der Waals surface area (Å²) in [5.41, 5.74) is -1.28. The summed E-state index contributed by atoms with van der Waals surface area (Å²) >= 11 is 5.46. The number of benzene rings is 2. The summed E-state index contributed by atoms with van der Waals surface area (Å²) in [4.78, 5) is 9.39. The van der Waals surface area contributed by atoms with E-state index in [0.717, 1.165) is 30.3 Å². The molecule has 2 aromatic carbocycles. The minimum absolute atomic E-state index is 0.00843. The van der Waals surface area contributed by atoms with Gasteiger partial charge >= 0.3 is 6.18 Å². The van der Waals surface area contributed by atoms with Crippen LogP contribution in [-0.2, 0) is 16.2 Å². The molecule has 11 heteroatoms. The highest BCUT2D eigenvalue weighted by Gasteiger charge is 2.34. The van der Waals surface area contributed by atoms with Crippen molar-refractivity contribution in [1.82, 2.24) is 0 Å². The Hall–Kier alpha value is -2.33. The van der Waals surface area contributed by atoms with Gasteiger partial charge in [-0.2, -0.15) is 13.2 Å². The minimum Gasteiger partial charge on any atom is -0.279 e. The molecule has 1 N–H and O–H groups in total. The fraction of sp³-hybridized carbons (Fsp3) is 0.143. The lowest BCUT2D eigenvalue weighted by molar-refractivity contribution is -0.384. The molecule has 6 nitrogen and oxygen atoms in total. The molecule has 25 heavy (non-hydrogen) atoms. The van der Waals surface area contributed by atoms with Crippen LogP contribution in [-0.4, -0.2) is 13.3 Å². The van der Waals surface area contributed by atoms with Crippen molar-refractivity contribution in [2.45, 2.75) is 18.0 Å². The Kier molecular flexibility index (Phi) is 4.96. The molecule has 0 aliphatic carbocycles. The minimum atomic E-state index is -4.81. The maximum Gasteiger partial charge on any atom is 0.417 e. The van der Waals surface area contributed by atoms with Gasteiger partial charge in [-0.1, -0.05) is 11.6 Å². The maximum absolute atomic E-state index is 12.9. The average Bonchev–Trinajstić information content (AvgIpc) is 2.48. The molecule has 0 spiro atoms. The van der Waals surface area contributed by atoms with E-state index in [2.05, 4.69) is 4.72 Å². The zero-order valence-corrected chi connectivity index (χ0v) is 14.0.